The van der Waals surface area contributed by atoms with Crippen LogP contribution in [0, 0.1) is 28.4 Å². The Morgan fingerprint density at radius 2 is 2.04 bits per heavy atom. The van der Waals surface area contributed by atoms with E-state index in [2.05, 4.69) is 0 Å². The van der Waals surface area contributed by atoms with E-state index >= 15 is 0 Å². The van der Waals surface area contributed by atoms with Crippen LogP contribution in [0.15, 0.2) is 23.0 Å². The number of halogens is 1. The molecule has 0 aliphatic heterocycles. The molecule has 1 aliphatic rings. The summed E-state index contributed by atoms with van der Waals surface area (Å²) in [5, 5.41) is 31.2. The highest BCUT2D eigenvalue weighted by Crippen LogP contribution is 2.35. The van der Waals surface area contributed by atoms with Crippen LogP contribution in [-0.4, -0.2) is 20.4 Å². The number of aromatic nitrogens is 1. The summed E-state index contributed by atoms with van der Waals surface area (Å²) < 4.78 is 1.11. The second kappa shape index (κ2) is 7.44. The van der Waals surface area contributed by atoms with E-state index in [-0.39, 0.29) is 33.3 Å². The van der Waals surface area contributed by atoms with E-state index < -0.39 is 27.8 Å². The Bertz CT molecular complexity index is 1090. The van der Waals surface area contributed by atoms with Gasteiger partial charge in [-0.3, -0.25) is 24.3 Å². The predicted molar refractivity (Wildman–Crippen MR) is 101 cm³/mol. The van der Waals surface area contributed by atoms with E-state index in [0.29, 0.717) is 12.8 Å². The molecule has 1 aromatic carbocycles. The Labute approximate surface area is 164 Å². The van der Waals surface area contributed by atoms with Gasteiger partial charge in [-0.1, -0.05) is 24.4 Å². The highest BCUT2D eigenvalue weighted by atomic mass is 35.5. The third-order valence-corrected chi connectivity index (χ3v) is 5.39. The molecule has 0 spiro atoms. The lowest BCUT2D eigenvalue weighted by Crippen LogP contribution is -2.29. The number of benzene rings is 1. The molecule has 1 fully saturated rings. The second-order valence-electron chi connectivity index (χ2n) is 6.68. The predicted octanol–water partition coefficient (Wildman–Crippen LogP) is 3.64. The summed E-state index contributed by atoms with van der Waals surface area (Å²) in [6, 6.07) is 5.05. The Balaban J connectivity index is 2.24. The Hall–Kier alpha value is -3.18. The minimum absolute atomic E-state index is 0.0434. The van der Waals surface area contributed by atoms with Gasteiger partial charge in [-0.05, 0) is 37.5 Å². The smallest absolute Gasteiger partial charge is 0.288 e. The lowest BCUT2D eigenvalue weighted by molar-refractivity contribution is -0.384. The van der Waals surface area contributed by atoms with E-state index in [1.807, 2.05) is 6.07 Å². The number of hydrogen-bond acceptors (Lipinski definition) is 6. The van der Waals surface area contributed by atoms with Gasteiger partial charge in [-0.25, -0.2) is 0 Å². The van der Waals surface area contributed by atoms with Crippen molar-refractivity contribution in [3.8, 4) is 11.9 Å². The zero-order chi connectivity index (χ0) is 20.6. The lowest BCUT2D eigenvalue weighted by atomic mass is 9.96. The number of rotatable bonds is 4. The monoisotopic (exact) mass is 401 g/mol. The quantitative estimate of drug-likeness (QED) is 0.473. The highest BCUT2D eigenvalue weighted by molar-refractivity contribution is 6.32. The lowest BCUT2D eigenvalue weighted by Gasteiger charge is -2.20. The number of ketones is 1. The van der Waals surface area contributed by atoms with Gasteiger partial charge in [-0.2, -0.15) is 5.26 Å². The van der Waals surface area contributed by atoms with Crippen LogP contribution in [0.2, 0.25) is 5.02 Å². The molecule has 9 heteroatoms. The summed E-state index contributed by atoms with van der Waals surface area (Å²) in [6.07, 6.45) is 3.06. The van der Waals surface area contributed by atoms with Crippen molar-refractivity contribution >= 4 is 23.1 Å². The fraction of sp³-hybridized carbons (Fsp3) is 0.316. The van der Waals surface area contributed by atoms with Crippen LogP contribution in [0.5, 0.6) is 5.88 Å². The van der Waals surface area contributed by atoms with Gasteiger partial charge in [0.2, 0.25) is 5.88 Å². The molecule has 8 nitrogen and oxygen atoms in total. The molecule has 1 saturated carbocycles. The molecule has 1 heterocycles. The van der Waals surface area contributed by atoms with Crippen molar-refractivity contribution in [3.63, 3.8) is 0 Å². The first-order chi connectivity index (χ1) is 13.3. The van der Waals surface area contributed by atoms with Crippen molar-refractivity contribution in [2.75, 3.05) is 0 Å². The van der Waals surface area contributed by atoms with Gasteiger partial charge < -0.3 is 5.11 Å². The largest absolute Gasteiger partial charge is 0.494 e. The number of nitro benzene ring substituents is 1. The van der Waals surface area contributed by atoms with E-state index in [1.54, 1.807) is 0 Å². The molecule has 0 amide bonds. The summed E-state index contributed by atoms with van der Waals surface area (Å²) in [5.74, 6) is -1.24. The summed E-state index contributed by atoms with van der Waals surface area (Å²) in [5.41, 5.74) is -1.55. The van der Waals surface area contributed by atoms with Gasteiger partial charge in [0.05, 0.1) is 10.5 Å². The fourth-order valence-corrected chi connectivity index (χ4v) is 3.82. The summed E-state index contributed by atoms with van der Waals surface area (Å²) in [4.78, 5) is 36.2. The number of carbonyl (C=O) groups excluding carboxylic acids is 1. The third-order valence-electron chi connectivity index (χ3n) is 5.07. The average molecular weight is 402 g/mol. The summed E-state index contributed by atoms with van der Waals surface area (Å²) in [6.45, 7) is 1.40. The molecule has 0 radical (unpaired) electrons. The second-order valence-corrected chi connectivity index (χ2v) is 7.08. The molecule has 1 aromatic heterocycles. The van der Waals surface area contributed by atoms with Crippen LogP contribution in [0.25, 0.3) is 0 Å². The number of hydrogen-bond donors (Lipinski definition) is 1. The first-order valence-electron chi connectivity index (χ1n) is 8.64. The van der Waals surface area contributed by atoms with Crippen LogP contribution in [-0.2, 0) is 0 Å². The Kier molecular flexibility index (Phi) is 5.21. The van der Waals surface area contributed by atoms with Crippen LogP contribution < -0.4 is 5.56 Å². The number of nitro groups is 1. The maximum atomic E-state index is 13.1. The van der Waals surface area contributed by atoms with Crippen LogP contribution in [0.4, 0.5) is 5.69 Å². The van der Waals surface area contributed by atoms with Crippen molar-refractivity contribution in [2.24, 2.45) is 0 Å². The summed E-state index contributed by atoms with van der Waals surface area (Å²) >= 11 is 5.79. The summed E-state index contributed by atoms with van der Waals surface area (Å²) in [7, 11) is 0. The van der Waals surface area contributed by atoms with E-state index in [9.17, 15) is 30.1 Å². The molecule has 1 N–H and O–H groups in total. The minimum atomic E-state index is -0.724. The number of nitriles is 1. The standard InChI is InChI=1S/C19H16ClN3O5/c1-10-13(9-21)18(25)22(12-4-2-3-5-12)19(26)16(10)17(24)11-6-7-14(20)15(8-11)23(27)28/h6-8,12,26H,2-5H2,1H3. The highest BCUT2D eigenvalue weighted by Gasteiger charge is 2.30. The maximum Gasteiger partial charge on any atom is 0.288 e. The van der Waals surface area contributed by atoms with Gasteiger partial charge in [0, 0.05) is 17.7 Å². The van der Waals surface area contributed by atoms with Gasteiger partial charge in [-0.15, -0.1) is 0 Å². The molecule has 0 atom stereocenters. The molecular formula is C19H16ClN3O5. The first-order valence-corrected chi connectivity index (χ1v) is 9.02. The van der Waals surface area contributed by atoms with Gasteiger partial charge >= 0.3 is 0 Å². The zero-order valence-electron chi connectivity index (χ0n) is 14.9. The van der Waals surface area contributed by atoms with Crippen molar-refractivity contribution in [3.05, 3.63) is 65.9 Å². The molecule has 0 saturated heterocycles. The Morgan fingerprint density at radius 1 is 1.39 bits per heavy atom. The minimum Gasteiger partial charge on any atom is -0.494 e. The number of carbonyl (C=O) groups is 1. The topological polar surface area (TPSA) is 126 Å². The fourth-order valence-electron chi connectivity index (χ4n) is 3.63. The maximum absolute atomic E-state index is 13.1. The van der Waals surface area contributed by atoms with E-state index in [1.165, 1.54) is 19.1 Å². The molecule has 28 heavy (non-hydrogen) atoms. The normalized spacial score (nSPS) is 14.0. The molecule has 144 valence electrons. The molecular weight excluding hydrogens is 386 g/mol. The first kappa shape index (κ1) is 19.6. The molecule has 1 aliphatic carbocycles. The third kappa shape index (κ3) is 3.14. The molecule has 0 bridgehead atoms. The molecule has 2 aromatic rings. The number of nitrogens with zero attached hydrogens (tertiary/aromatic N) is 3. The van der Waals surface area contributed by atoms with E-state index in [0.717, 1.165) is 23.5 Å². The van der Waals surface area contributed by atoms with Gasteiger partial charge in [0.25, 0.3) is 11.2 Å². The molecule has 0 unspecified atom stereocenters. The van der Waals surface area contributed by atoms with Crippen molar-refractivity contribution in [2.45, 2.75) is 38.6 Å². The number of aromatic hydroxyl groups is 1. The van der Waals surface area contributed by atoms with Crippen LogP contribution in [0.3, 0.4) is 0 Å². The number of pyridine rings is 1. The van der Waals surface area contributed by atoms with Crippen molar-refractivity contribution < 1.29 is 14.8 Å². The SMILES string of the molecule is Cc1c(C(=O)c2ccc(Cl)c([N+](=O)[O-])c2)c(O)n(C2CCCC2)c(=O)c1C#N. The Morgan fingerprint density at radius 3 is 2.61 bits per heavy atom. The van der Waals surface area contributed by atoms with Crippen LogP contribution in [0.1, 0.15) is 58.8 Å². The zero-order valence-corrected chi connectivity index (χ0v) is 15.7. The average Bonchev–Trinajstić information content (AvgIpc) is 3.16. The van der Waals surface area contributed by atoms with Gasteiger partial charge in [0.15, 0.2) is 5.78 Å². The van der Waals surface area contributed by atoms with Crippen molar-refractivity contribution in [1.29, 1.82) is 5.26 Å². The van der Waals surface area contributed by atoms with Crippen LogP contribution >= 0.6 is 11.6 Å². The molecule has 3 rings (SSSR count). The van der Waals surface area contributed by atoms with E-state index in [4.69, 9.17) is 11.6 Å². The van der Waals surface area contributed by atoms with Gasteiger partial charge in [0.1, 0.15) is 16.7 Å². The van der Waals surface area contributed by atoms with Crippen molar-refractivity contribution in [1.82, 2.24) is 4.57 Å².